The molecule has 0 unspecified atom stereocenters. The Kier molecular flexibility index (Phi) is 4.87. The second-order valence-electron chi connectivity index (χ2n) is 5.29. The van der Waals surface area contributed by atoms with E-state index in [1.165, 1.54) is 0 Å². The number of hydrogen-bond acceptors (Lipinski definition) is 2. The lowest BCUT2D eigenvalue weighted by atomic mass is 9.89. The van der Waals surface area contributed by atoms with E-state index in [1.807, 2.05) is 13.0 Å². The van der Waals surface area contributed by atoms with Gasteiger partial charge >= 0.3 is 0 Å². The van der Waals surface area contributed by atoms with Gasteiger partial charge in [-0.1, -0.05) is 12.1 Å². The number of sulfonamides is 1. The van der Waals surface area contributed by atoms with Gasteiger partial charge < -0.3 is 0 Å². The van der Waals surface area contributed by atoms with Crippen LogP contribution in [0.4, 0.5) is 0 Å². The number of benzene rings is 1. The minimum atomic E-state index is -3.38. The summed E-state index contributed by atoms with van der Waals surface area (Å²) in [5.41, 5.74) is 0.950. The first kappa shape index (κ1) is 14.8. The lowest BCUT2D eigenvalue weighted by Gasteiger charge is -2.25. The highest BCUT2D eigenvalue weighted by atomic mass is 35.5. The summed E-state index contributed by atoms with van der Waals surface area (Å²) in [5.74, 6) is 0.412. The summed E-state index contributed by atoms with van der Waals surface area (Å²) in [7, 11) is -3.38. The van der Waals surface area contributed by atoms with Crippen molar-refractivity contribution in [2.45, 2.75) is 42.9 Å². The molecule has 0 radical (unpaired) electrons. The average Bonchev–Trinajstić information content (AvgIpc) is 2.38. The molecule has 19 heavy (non-hydrogen) atoms. The van der Waals surface area contributed by atoms with Gasteiger partial charge in [-0.05, 0) is 56.2 Å². The zero-order chi connectivity index (χ0) is 13.9. The van der Waals surface area contributed by atoms with E-state index in [0.717, 1.165) is 31.2 Å². The van der Waals surface area contributed by atoms with Crippen LogP contribution in [0.5, 0.6) is 0 Å². The standard InChI is InChI=1S/C14H20ClNO2S/c1-11-3-2-4-14(9-11)19(17,18)16-10-12-5-7-13(15)8-6-12/h2-4,9,12-13,16H,5-8,10H2,1H3. The molecule has 0 atom stereocenters. The van der Waals surface area contributed by atoms with E-state index in [-0.39, 0.29) is 5.38 Å². The number of hydrogen-bond donors (Lipinski definition) is 1. The van der Waals surface area contributed by atoms with Crippen molar-refractivity contribution in [1.29, 1.82) is 0 Å². The zero-order valence-corrected chi connectivity index (χ0v) is 12.7. The third-order valence-corrected chi connectivity index (χ3v) is 5.50. The molecule has 106 valence electrons. The fourth-order valence-corrected chi connectivity index (χ4v) is 3.89. The van der Waals surface area contributed by atoms with Crippen molar-refractivity contribution in [3.63, 3.8) is 0 Å². The smallest absolute Gasteiger partial charge is 0.211 e. The van der Waals surface area contributed by atoms with E-state index < -0.39 is 10.0 Å². The molecular weight excluding hydrogens is 282 g/mol. The first-order chi connectivity index (χ1) is 8.97. The summed E-state index contributed by atoms with van der Waals surface area (Å²) in [6.45, 7) is 2.40. The van der Waals surface area contributed by atoms with Crippen molar-refractivity contribution in [2.75, 3.05) is 6.54 Å². The summed E-state index contributed by atoms with van der Waals surface area (Å²) < 4.78 is 27.0. The van der Waals surface area contributed by atoms with Crippen LogP contribution in [0.2, 0.25) is 0 Å². The van der Waals surface area contributed by atoms with Crippen LogP contribution in [0, 0.1) is 12.8 Å². The number of halogens is 1. The van der Waals surface area contributed by atoms with E-state index >= 15 is 0 Å². The fourth-order valence-electron chi connectivity index (χ4n) is 2.42. The van der Waals surface area contributed by atoms with Crippen LogP contribution in [0.1, 0.15) is 31.2 Å². The molecule has 0 aliphatic heterocycles. The first-order valence-electron chi connectivity index (χ1n) is 6.68. The summed E-state index contributed by atoms with van der Waals surface area (Å²) in [6.07, 6.45) is 3.98. The van der Waals surface area contributed by atoms with E-state index in [9.17, 15) is 8.42 Å². The maximum Gasteiger partial charge on any atom is 0.240 e. The summed E-state index contributed by atoms with van der Waals surface area (Å²) in [6, 6.07) is 6.98. The van der Waals surface area contributed by atoms with Gasteiger partial charge in [0, 0.05) is 11.9 Å². The minimum Gasteiger partial charge on any atom is -0.211 e. The SMILES string of the molecule is Cc1cccc(S(=O)(=O)NCC2CCC(Cl)CC2)c1. The van der Waals surface area contributed by atoms with Gasteiger partial charge in [-0.3, -0.25) is 0 Å². The van der Waals surface area contributed by atoms with Gasteiger partial charge in [-0.25, -0.2) is 13.1 Å². The highest BCUT2D eigenvalue weighted by molar-refractivity contribution is 7.89. The van der Waals surface area contributed by atoms with Crippen molar-refractivity contribution >= 4 is 21.6 Å². The summed E-state index contributed by atoms with van der Waals surface area (Å²) in [4.78, 5) is 0.346. The quantitative estimate of drug-likeness (QED) is 0.869. The molecule has 0 heterocycles. The normalized spacial score (nSPS) is 24.3. The van der Waals surface area contributed by atoms with E-state index in [1.54, 1.807) is 18.2 Å². The molecule has 1 N–H and O–H groups in total. The van der Waals surface area contributed by atoms with E-state index in [0.29, 0.717) is 17.4 Å². The van der Waals surface area contributed by atoms with Crippen LogP contribution in [-0.2, 0) is 10.0 Å². The molecular formula is C14H20ClNO2S. The van der Waals surface area contributed by atoms with Crippen molar-refractivity contribution in [3.8, 4) is 0 Å². The number of nitrogens with one attached hydrogen (secondary N) is 1. The molecule has 0 saturated heterocycles. The van der Waals surface area contributed by atoms with Crippen molar-refractivity contribution in [2.24, 2.45) is 5.92 Å². The Hall–Kier alpha value is -0.580. The van der Waals surface area contributed by atoms with Gasteiger partial charge in [0.2, 0.25) is 10.0 Å². The van der Waals surface area contributed by atoms with Gasteiger partial charge in [0.15, 0.2) is 0 Å². The molecule has 1 saturated carbocycles. The molecule has 1 aromatic carbocycles. The van der Waals surface area contributed by atoms with Crippen molar-refractivity contribution in [1.82, 2.24) is 4.72 Å². The Balaban J connectivity index is 1.95. The molecule has 3 nitrogen and oxygen atoms in total. The Morgan fingerprint density at radius 1 is 1.26 bits per heavy atom. The monoisotopic (exact) mass is 301 g/mol. The molecule has 1 aliphatic rings. The van der Waals surface area contributed by atoms with E-state index in [2.05, 4.69) is 4.72 Å². The van der Waals surface area contributed by atoms with Gasteiger partial charge in [-0.15, -0.1) is 11.6 Å². The topological polar surface area (TPSA) is 46.2 Å². The molecule has 1 aliphatic carbocycles. The lowest BCUT2D eigenvalue weighted by Crippen LogP contribution is -2.31. The highest BCUT2D eigenvalue weighted by Gasteiger charge is 2.22. The van der Waals surface area contributed by atoms with Gasteiger partial charge in [-0.2, -0.15) is 0 Å². The molecule has 0 amide bonds. The Bertz CT molecular complexity index is 522. The third-order valence-electron chi connectivity index (χ3n) is 3.64. The molecule has 1 fully saturated rings. The molecule has 2 rings (SSSR count). The zero-order valence-electron chi connectivity index (χ0n) is 11.1. The molecule has 0 spiro atoms. The second kappa shape index (κ2) is 6.25. The number of rotatable bonds is 4. The van der Waals surface area contributed by atoms with Crippen LogP contribution in [-0.4, -0.2) is 20.3 Å². The minimum absolute atomic E-state index is 0.268. The molecule has 1 aromatic rings. The maximum absolute atomic E-state index is 12.2. The fraction of sp³-hybridized carbons (Fsp3) is 0.571. The Morgan fingerprint density at radius 2 is 1.95 bits per heavy atom. The number of alkyl halides is 1. The van der Waals surface area contributed by atoms with Crippen LogP contribution in [0.15, 0.2) is 29.2 Å². The summed E-state index contributed by atoms with van der Waals surface area (Å²) in [5, 5.41) is 0.268. The summed E-state index contributed by atoms with van der Waals surface area (Å²) >= 11 is 6.05. The van der Waals surface area contributed by atoms with Crippen LogP contribution < -0.4 is 4.72 Å². The largest absolute Gasteiger partial charge is 0.240 e. The lowest BCUT2D eigenvalue weighted by molar-refractivity contribution is 0.361. The second-order valence-corrected chi connectivity index (χ2v) is 7.67. The predicted octanol–water partition coefficient (Wildman–Crippen LogP) is 3.07. The van der Waals surface area contributed by atoms with Gasteiger partial charge in [0.05, 0.1) is 4.90 Å². The number of aryl methyl sites for hydroxylation is 1. The third kappa shape index (κ3) is 4.20. The Morgan fingerprint density at radius 3 is 2.58 bits per heavy atom. The molecule has 0 aromatic heterocycles. The molecule has 0 bridgehead atoms. The maximum atomic E-state index is 12.2. The average molecular weight is 302 g/mol. The van der Waals surface area contributed by atoms with Crippen molar-refractivity contribution < 1.29 is 8.42 Å². The van der Waals surface area contributed by atoms with Crippen LogP contribution in [0.3, 0.4) is 0 Å². The predicted molar refractivity (Wildman–Crippen MR) is 78.0 cm³/mol. The van der Waals surface area contributed by atoms with Gasteiger partial charge in [0.25, 0.3) is 0 Å². The van der Waals surface area contributed by atoms with E-state index in [4.69, 9.17) is 11.6 Å². The van der Waals surface area contributed by atoms with Crippen LogP contribution >= 0.6 is 11.6 Å². The highest BCUT2D eigenvalue weighted by Crippen LogP contribution is 2.27. The van der Waals surface area contributed by atoms with Crippen LogP contribution in [0.25, 0.3) is 0 Å². The first-order valence-corrected chi connectivity index (χ1v) is 8.60. The van der Waals surface area contributed by atoms with Gasteiger partial charge in [0.1, 0.15) is 0 Å². The van der Waals surface area contributed by atoms with Crippen molar-refractivity contribution in [3.05, 3.63) is 29.8 Å². The Labute approximate surface area is 120 Å². The molecule has 5 heteroatoms.